The molecule has 13 heavy (non-hydrogen) atoms. The molecule has 0 fully saturated rings. The highest BCUT2D eigenvalue weighted by molar-refractivity contribution is 7.09. The van der Waals surface area contributed by atoms with Gasteiger partial charge < -0.3 is 5.73 Å². The molecule has 3 N–H and O–H groups in total. The van der Waals surface area contributed by atoms with E-state index >= 15 is 0 Å². The van der Waals surface area contributed by atoms with Gasteiger partial charge in [0, 0.05) is 11.3 Å². The number of hydrogen-bond donors (Lipinski definition) is 2. The summed E-state index contributed by atoms with van der Waals surface area (Å²) in [7, 11) is 0. The van der Waals surface area contributed by atoms with Crippen LogP contribution in [0.5, 0.6) is 0 Å². The molecule has 0 saturated heterocycles. The van der Waals surface area contributed by atoms with E-state index in [9.17, 15) is 0 Å². The Hall–Kier alpha value is -1.27. The standard InChI is InChI=1S/C7H9N5S/c8-6(7-9-11-12-10-7)4-5-2-1-3-13-5/h1-3,6H,4,8H2,(H,9,10,11,12). The molecule has 2 rings (SSSR count). The van der Waals surface area contributed by atoms with Gasteiger partial charge in [-0.25, -0.2) is 0 Å². The van der Waals surface area contributed by atoms with Crippen LogP contribution in [0.1, 0.15) is 16.7 Å². The Morgan fingerprint density at radius 3 is 3.15 bits per heavy atom. The van der Waals surface area contributed by atoms with Crippen molar-refractivity contribution in [1.29, 1.82) is 0 Å². The lowest BCUT2D eigenvalue weighted by atomic mass is 10.2. The minimum Gasteiger partial charge on any atom is -0.321 e. The molecule has 2 heterocycles. The monoisotopic (exact) mass is 195 g/mol. The Balaban J connectivity index is 2.04. The van der Waals surface area contributed by atoms with Crippen LogP contribution in [0.4, 0.5) is 0 Å². The molecule has 1 atom stereocenters. The molecule has 0 amide bonds. The molecule has 0 aromatic carbocycles. The molecule has 0 saturated carbocycles. The Morgan fingerprint density at radius 1 is 1.62 bits per heavy atom. The van der Waals surface area contributed by atoms with Gasteiger partial charge in [0.1, 0.15) is 0 Å². The van der Waals surface area contributed by atoms with Crippen molar-refractivity contribution >= 4 is 11.3 Å². The fourth-order valence-electron chi connectivity index (χ4n) is 1.06. The van der Waals surface area contributed by atoms with Gasteiger partial charge in [0.25, 0.3) is 0 Å². The molecule has 68 valence electrons. The van der Waals surface area contributed by atoms with Gasteiger partial charge in [-0.15, -0.1) is 21.5 Å². The summed E-state index contributed by atoms with van der Waals surface area (Å²) in [4.78, 5) is 1.23. The molecule has 0 aliphatic rings. The highest BCUT2D eigenvalue weighted by Gasteiger charge is 2.11. The van der Waals surface area contributed by atoms with Crippen LogP contribution in [0, 0.1) is 0 Å². The normalized spacial score (nSPS) is 13.0. The molecule has 6 heteroatoms. The van der Waals surface area contributed by atoms with Crippen molar-refractivity contribution in [2.24, 2.45) is 5.73 Å². The first-order valence-electron chi connectivity index (χ1n) is 3.87. The first kappa shape index (κ1) is 8.33. The SMILES string of the molecule is NC(Cc1cccs1)c1nn[nH]n1. The summed E-state index contributed by atoms with van der Waals surface area (Å²) in [5.41, 5.74) is 5.85. The second kappa shape index (κ2) is 3.63. The van der Waals surface area contributed by atoms with Crippen LogP contribution in [-0.4, -0.2) is 20.6 Å². The molecule has 5 nitrogen and oxygen atoms in total. The number of thiophene rings is 1. The summed E-state index contributed by atoms with van der Waals surface area (Å²) in [6.07, 6.45) is 0.761. The second-order valence-electron chi connectivity index (χ2n) is 2.66. The maximum atomic E-state index is 5.85. The average Bonchev–Trinajstić information content (AvgIpc) is 2.74. The summed E-state index contributed by atoms with van der Waals surface area (Å²) in [6, 6.07) is 3.88. The smallest absolute Gasteiger partial charge is 0.191 e. The van der Waals surface area contributed by atoms with Crippen LogP contribution in [0.15, 0.2) is 17.5 Å². The lowest BCUT2D eigenvalue weighted by Crippen LogP contribution is -2.14. The van der Waals surface area contributed by atoms with E-state index < -0.39 is 0 Å². The van der Waals surface area contributed by atoms with Gasteiger partial charge in [-0.3, -0.25) is 0 Å². The van der Waals surface area contributed by atoms with Crippen molar-refractivity contribution < 1.29 is 0 Å². The summed E-state index contributed by atoms with van der Waals surface area (Å²) in [5.74, 6) is 0.563. The van der Waals surface area contributed by atoms with Crippen molar-refractivity contribution in [3.8, 4) is 0 Å². The molecule has 0 bridgehead atoms. The van der Waals surface area contributed by atoms with E-state index in [-0.39, 0.29) is 6.04 Å². The van der Waals surface area contributed by atoms with Crippen molar-refractivity contribution in [1.82, 2.24) is 20.6 Å². The lowest BCUT2D eigenvalue weighted by molar-refractivity contribution is 0.675. The first-order valence-corrected chi connectivity index (χ1v) is 4.75. The van der Waals surface area contributed by atoms with Crippen molar-refractivity contribution in [3.63, 3.8) is 0 Å². The third-order valence-corrected chi connectivity index (χ3v) is 2.59. The van der Waals surface area contributed by atoms with Crippen molar-refractivity contribution in [3.05, 3.63) is 28.2 Å². The zero-order valence-electron chi connectivity index (χ0n) is 6.84. The molecular formula is C7H9N5S. The second-order valence-corrected chi connectivity index (χ2v) is 3.69. The van der Waals surface area contributed by atoms with E-state index in [0.29, 0.717) is 5.82 Å². The minimum absolute atomic E-state index is 0.169. The van der Waals surface area contributed by atoms with E-state index in [1.54, 1.807) is 11.3 Å². The van der Waals surface area contributed by atoms with Crippen LogP contribution >= 0.6 is 11.3 Å². The number of aromatic nitrogens is 4. The van der Waals surface area contributed by atoms with Crippen LogP contribution in [0.2, 0.25) is 0 Å². The number of hydrogen-bond acceptors (Lipinski definition) is 5. The Labute approximate surface area is 79.0 Å². The van der Waals surface area contributed by atoms with E-state index in [4.69, 9.17) is 5.73 Å². The molecule has 1 unspecified atom stereocenters. The average molecular weight is 195 g/mol. The lowest BCUT2D eigenvalue weighted by Gasteiger charge is -2.03. The number of tetrazole rings is 1. The third-order valence-electron chi connectivity index (χ3n) is 1.69. The molecular weight excluding hydrogens is 186 g/mol. The fraction of sp³-hybridized carbons (Fsp3) is 0.286. The number of nitrogens with two attached hydrogens (primary N) is 1. The molecule has 2 aromatic heterocycles. The summed E-state index contributed by atoms with van der Waals surface area (Å²) in [6.45, 7) is 0. The quantitative estimate of drug-likeness (QED) is 0.747. The molecule has 0 aliphatic carbocycles. The summed E-state index contributed by atoms with van der Waals surface area (Å²) < 4.78 is 0. The van der Waals surface area contributed by atoms with Crippen LogP contribution in [-0.2, 0) is 6.42 Å². The predicted molar refractivity (Wildman–Crippen MR) is 49.1 cm³/mol. The predicted octanol–water partition coefficient (Wildman–Crippen LogP) is 0.504. The van der Waals surface area contributed by atoms with Gasteiger partial charge in [-0.05, 0) is 11.4 Å². The van der Waals surface area contributed by atoms with Crippen molar-refractivity contribution in [2.75, 3.05) is 0 Å². The maximum absolute atomic E-state index is 5.85. The first-order chi connectivity index (χ1) is 6.36. The van der Waals surface area contributed by atoms with E-state index in [0.717, 1.165) is 6.42 Å². The minimum atomic E-state index is -0.169. The van der Waals surface area contributed by atoms with E-state index in [1.807, 2.05) is 17.5 Å². The van der Waals surface area contributed by atoms with Crippen LogP contribution < -0.4 is 5.73 Å². The maximum Gasteiger partial charge on any atom is 0.191 e. The Morgan fingerprint density at radius 2 is 2.54 bits per heavy atom. The van der Waals surface area contributed by atoms with Gasteiger partial charge >= 0.3 is 0 Å². The molecule has 0 spiro atoms. The van der Waals surface area contributed by atoms with Crippen LogP contribution in [0.25, 0.3) is 0 Å². The zero-order valence-corrected chi connectivity index (χ0v) is 7.66. The van der Waals surface area contributed by atoms with Gasteiger partial charge in [0.2, 0.25) is 0 Å². The van der Waals surface area contributed by atoms with E-state index in [1.165, 1.54) is 4.88 Å². The number of H-pyrrole nitrogens is 1. The highest BCUT2D eigenvalue weighted by atomic mass is 32.1. The largest absolute Gasteiger partial charge is 0.321 e. The van der Waals surface area contributed by atoms with Gasteiger partial charge in [-0.2, -0.15) is 5.21 Å². The van der Waals surface area contributed by atoms with Gasteiger partial charge in [0.05, 0.1) is 6.04 Å². The summed E-state index contributed by atoms with van der Waals surface area (Å²) in [5, 5.41) is 15.5. The molecule has 0 radical (unpaired) electrons. The van der Waals surface area contributed by atoms with Crippen LogP contribution in [0.3, 0.4) is 0 Å². The molecule has 2 aromatic rings. The Bertz CT molecular complexity index is 341. The number of nitrogens with zero attached hydrogens (tertiary/aromatic N) is 3. The summed E-state index contributed by atoms with van der Waals surface area (Å²) >= 11 is 1.68. The number of aromatic amines is 1. The number of nitrogens with one attached hydrogen (secondary N) is 1. The topological polar surface area (TPSA) is 80.5 Å². The highest BCUT2D eigenvalue weighted by Crippen LogP contribution is 2.15. The number of rotatable bonds is 3. The fourth-order valence-corrected chi connectivity index (χ4v) is 1.83. The third kappa shape index (κ3) is 1.90. The van der Waals surface area contributed by atoms with Gasteiger partial charge in [0.15, 0.2) is 5.82 Å². The van der Waals surface area contributed by atoms with E-state index in [2.05, 4.69) is 20.6 Å². The van der Waals surface area contributed by atoms with Gasteiger partial charge in [-0.1, -0.05) is 11.3 Å². The van der Waals surface area contributed by atoms with Crippen molar-refractivity contribution in [2.45, 2.75) is 12.5 Å². The zero-order chi connectivity index (χ0) is 9.10. The molecule has 0 aliphatic heterocycles. The Kier molecular flexibility index (Phi) is 2.33.